The number of ether oxygens (including phenoxy) is 3. The summed E-state index contributed by atoms with van der Waals surface area (Å²) < 4.78 is 16.0. The lowest BCUT2D eigenvalue weighted by molar-refractivity contribution is -0.263. The summed E-state index contributed by atoms with van der Waals surface area (Å²) in [5.41, 5.74) is 0.776. The van der Waals surface area contributed by atoms with Crippen molar-refractivity contribution in [1.29, 1.82) is 0 Å². The quantitative estimate of drug-likeness (QED) is 0.722. The van der Waals surface area contributed by atoms with Gasteiger partial charge in [-0.05, 0) is 17.1 Å². The molecule has 2 unspecified atom stereocenters. The molecule has 0 aromatic carbocycles. The lowest BCUT2D eigenvalue weighted by Gasteiger charge is -2.35. The van der Waals surface area contributed by atoms with Crippen LogP contribution in [0.25, 0.3) is 0 Å². The Labute approximate surface area is 90.8 Å². The summed E-state index contributed by atoms with van der Waals surface area (Å²) in [5.74, 6) is -1.06. The third-order valence-electron chi connectivity index (χ3n) is 2.60. The summed E-state index contributed by atoms with van der Waals surface area (Å²) in [4.78, 5) is 0. The Morgan fingerprint density at radius 1 is 1.47 bits per heavy atom. The van der Waals surface area contributed by atoms with Crippen LogP contribution in [-0.4, -0.2) is 38.0 Å². The number of methoxy groups -OCH3 is 2. The predicted molar refractivity (Wildman–Crippen MR) is 56.2 cm³/mol. The summed E-state index contributed by atoms with van der Waals surface area (Å²) >= 11 is 0. The molecule has 2 atom stereocenters. The molecular formula is C11H20O4. The lowest BCUT2D eigenvalue weighted by atomic mass is 9.82. The van der Waals surface area contributed by atoms with E-state index in [1.807, 2.05) is 26.8 Å². The molecule has 88 valence electrons. The van der Waals surface area contributed by atoms with Crippen molar-refractivity contribution in [3.63, 3.8) is 0 Å². The van der Waals surface area contributed by atoms with Crippen LogP contribution < -0.4 is 0 Å². The van der Waals surface area contributed by atoms with Crippen molar-refractivity contribution in [2.75, 3.05) is 20.8 Å². The Morgan fingerprint density at radius 3 is 2.33 bits per heavy atom. The molecule has 0 bridgehead atoms. The minimum absolute atomic E-state index is 0.133. The Morgan fingerprint density at radius 2 is 2.07 bits per heavy atom. The van der Waals surface area contributed by atoms with Crippen molar-refractivity contribution in [3.8, 4) is 0 Å². The first-order valence-electron chi connectivity index (χ1n) is 4.99. The molecule has 0 aromatic rings. The number of rotatable bonds is 3. The van der Waals surface area contributed by atoms with Crippen LogP contribution in [0.2, 0.25) is 0 Å². The highest BCUT2D eigenvalue weighted by Gasteiger charge is 2.47. The first-order chi connectivity index (χ1) is 6.89. The molecule has 0 saturated carbocycles. The Bertz CT molecular complexity index is 248. The van der Waals surface area contributed by atoms with Gasteiger partial charge in [-0.1, -0.05) is 20.8 Å². The summed E-state index contributed by atoms with van der Waals surface area (Å²) in [5, 5.41) is 9.42. The molecule has 4 heteroatoms. The third-order valence-corrected chi connectivity index (χ3v) is 2.60. The van der Waals surface area contributed by atoms with E-state index in [9.17, 15) is 5.11 Å². The highest BCUT2D eigenvalue weighted by atomic mass is 16.8. The van der Waals surface area contributed by atoms with E-state index in [0.29, 0.717) is 0 Å². The monoisotopic (exact) mass is 216 g/mol. The summed E-state index contributed by atoms with van der Waals surface area (Å²) in [6.07, 6.45) is 1.41. The van der Waals surface area contributed by atoms with Crippen LogP contribution in [0, 0.1) is 5.41 Å². The molecule has 0 aliphatic carbocycles. The maximum atomic E-state index is 9.42. The van der Waals surface area contributed by atoms with Crippen molar-refractivity contribution >= 4 is 0 Å². The van der Waals surface area contributed by atoms with E-state index in [-0.39, 0.29) is 12.0 Å². The molecular weight excluding hydrogens is 196 g/mol. The van der Waals surface area contributed by atoms with E-state index in [2.05, 4.69) is 0 Å². The zero-order valence-corrected chi connectivity index (χ0v) is 10.0. The fourth-order valence-electron chi connectivity index (χ4n) is 1.83. The van der Waals surface area contributed by atoms with Gasteiger partial charge in [-0.2, -0.15) is 0 Å². The highest BCUT2D eigenvalue weighted by Crippen LogP contribution is 2.42. The number of aliphatic hydroxyl groups excluding tert-OH is 1. The van der Waals surface area contributed by atoms with Gasteiger partial charge in [0.2, 0.25) is 5.79 Å². The zero-order valence-electron chi connectivity index (χ0n) is 10.0. The van der Waals surface area contributed by atoms with E-state index in [1.54, 1.807) is 7.11 Å². The summed E-state index contributed by atoms with van der Waals surface area (Å²) in [6.45, 7) is 5.92. The average Bonchev–Trinajstić information content (AvgIpc) is 2.57. The molecule has 4 nitrogen and oxygen atoms in total. The van der Waals surface area contributed by atoms with Crippen molar-refractivity contribution in [2.24, 2.45) is 5.41 Å². The van der Waals surface area contributed by atoms with Gasteiger partial charge in [0.25, 0.3) is 0 Å². The SMILES string of the molecule is COC1C=C(C(C)(C)C)C(CO)(OC)O1. The number of hydrogen-bond donors (Lipinski definition) is 1. The first-order valence-corrected chi connectivity index (χ1v) is 4.99. The second-order valence-electron chi connectivity index (χ2n) is 4.67. The van der Waals surface area contributed by atoms with Gasteiger partial charge in [-0.25, -0.2) is 0 Å². The van der Waals surface area contributed by atoms with Gasteiger partial charge in [0, 0.05) is 14.2 Å². The first kappa shape index (κ1) is 12.6. The van der Waals surface area contributed by atoms with Crippen LogP contribution in [0.3, 0.4) is 0 Å². The molecule has 0 fully saturated rings. The van der Waals surface area contributed by atoms with Crippen LogP contribution in [0.1, 0.15) is 20.8 Å². The van der Waals surface area contributed by atoms with Gasteiger partial charge >= 0.3 is 0 Å². The van der Waals surface area contributed by atoms with Gasteiger partial charge in [0.1, 0.15) is 6.61 Å². The fourth-order valence-corrected chi connectivity index (χ4v) is 1.83. The van der Waals surface area contributed by atoms with Gasteiger partial charge in [0.15, 0.2) is 6.29 Å². The van der Waals surface area contributed by atoms with Crippen LogP contribution in [-0.2, 0) is 14.2 Å². The Balaban J connectivity index is 3.05. The van der Waals surface area contributed by atoms with Crippen molar-refractivity contribution in [3.05, 3.63) is 11.6 Å². The molecule has 1 heterocycles. The normalized spacial score (nSPS) is 31.9. The molecule has 0 spiro atoms. The van der Waals surface area contributed by atoms with Gasteiger partial charge in [-0.3, -0.25) is 0 Å². The van der Waals surface area contributed by atoms with E-state index in [4.69, 9.17) is 14.2 Å². The fraction of sp³-hybridized carbons (Fsp3) is 0.818. The third kappa shape index (κ3) is 2.23. The maximum absolute atomic E-state index is 9.42. The maximum Gasteiger partial charge on any atom is 0.217 e. The molecule has 0 radical (unpaired) electrons. The van der Waals surface area contributed by atoms with Crippen LogP contribution >= 0.6 is 0 Å². The van der Waals surface area contributed by atoms with Crippen LogP contribution in [0.5, 0.6) is 0 Å². The van der Waals surface area contributed by atoms with Gasteiger partial charge < -0.3 is 19.3 Å². The van der Waals surface area contributed by atoms with Crippen LogP contribution in [0.15, 0.2) is 11.6 Å². The van der Waals surface area contributed by atoms with Gasteiger partial charge in [0.05, 0.1) is 0 Å². The summed E-state index contributed by atoms with van der Waals surface area (Å²) in [7, 11) is 3.08. The topological polar surface area (TPSA) is 47.9 Å². The molecule has 1 N–H and O–H groups in total. The molecule has 0 saturated heterocycles. The molecule has 0 aromatic heterocycles. The minimum Gasteiger partial charge on any atom is -0.390 e. The molecule has 1 aliphatic heterocycles. The van der Waals surface area contributed by atoms with E-state index in [1.165, 1.54) is 7.11 Å². The highest BCUT2D eigenvalue weighted by molar-refractivity contribution is 5.25. The van der Waals surface area contributed by atoms with E-state index >= 15 is 0 Å². The average molecular weight is 216 g/mol. The zero-order chi connectivity index (χ0) is 11.7. The van der Waals surface area contributed by atoms with E-state index < -0.39 is 12.1 Å². The number of aliphatic hydroxyl groups is 1. The lowest BCUT2D eigenvalue weighted by Crippen LogP contribution is -2.42. The van der Waals surface area contributed by atoms with Crippen molar-refractivity contribution in [1.82, 2.24) is 0 Å². The summed E-state index contributed by atoms with van der Waals surface area (Å²) in [6, 6.07) is 0. The predicted octanol–water partition coefficient (Wildman–Crippen LogP) is 1.30. The molecule has 0 amide bonds. The standard InChI is InChI=1S/C11H20O4/c1-10(2,3)8-6-9(13-4)15-11(8,7-12)14-5/h6,9,12H,7H2,1-5H3. The van der Waals surface area contributed by atoms with Crippen LogP contribution in [0.4, 0.5) is 0 Å². The number of hydrogen-bond acceptors (Lipinski definition) is 4. The largest absolute Gasteiger partial charge is 0.390 e. The smallest absolute Gasteiger partial charge is 0.217 e. The molecule has 1 aliphatic rings. The Hall–Kier alpha value is -0.420. The minimum atomic E-state index is -1.06. The van der Waals surface area contributed by atoms with E-state index in [0.717, 1.165) is 5.57 Å². The van der Waals surface area contributed by atoms with Crippen molar-refractivity contribution in [2.45, 2.75) is 32.8 Å². The second kappa shape index (κ2) is 4.22. The van der Waals surface area contributed by atoms with Gasteiger partial charge in [-0.15, -0.1) is 0 Å². The molecule has 15 heavy (non-hydrogen) atoms. The Kier molecular flexibility index (Phi) is 3.55. The second-order valence-corrected chi connectivity index (χ2v) is 4.67. The van der Waals surface area contributed by atoms with Crippen molar-refractivity contribution < 1.29 is 19.3 Å². The molecule has 1 rings (SSSR count).